The van der Waals surface area contributed by atoms with Crippen LogP contribution in [-0.4, -0.2) is 16.5 Å². The lowest BCUT2D eigenvalue weighted by Crippen LogP contribution is -1.90. The lowest BCUT2D eigenvalue weighted by Gasteiger charge is -2.07. The molecule has 0 spiro atoms. The van der Waals surface area contributed by atoms with Crippen LogP contribution in [0.25, 0.3) is 0 Å². The third-order valence-corrected chi connectivity index (χ3v) is 3.16. The number of hydrogen-bond acceptors (Lipinski definition) is 3. The van der Waals surface area contributed by atoms with Crippen molar-refractivity contribution >= 4 is 6.29 Å². The molecule has 1 aromatic rings. The standard InChI is InChI=1S/C17H22O3/c1-12(2)5-4-6-13(3)7-9-15-16(19)10-8-14(11-18)17(15)20/h5,7-8,10-11,19-20H,4,6,9H2,1-3H3. The summed E-state index contributed by atoms with van der Waals surface area (Å²) < 4.78 is 0. The highest BCUT2D eigenvalue weighted by Gasteiger charge is 2.10. The van der Waals surface area contributed by atoms with E-state index >= 15 is 0 Å². The highest BCUT2D eigenvalue weighted by atomic mass is 16.3. The Hall–Kier alpha value is -2.03. The molecule has 0 atom stereocenters. The number of carbonyl (C=O) groups excluding carboxylic acids is 1. The molecule has 0 bridgehead atoms. The van der Waals surface area contributed by atoms with Crippen molar-refractivity contribution in [3.63, 3.8) is 0 Å². The normalized spacial score (nSPS) is 11.2. The van der Waals surface area contributed by atoms with Gasteiger partial charge in [-0.1, -0.05) is 23.3 Å². The van der Waals surface area contributed by atoms with E-state index in [1.54, 1.807) is 0 Å². The van der Waals surface area contributed by atoms with Gasteiger partial charge in [-0.15, -0.1) is 0 Å². The number of phenols is 2. The summed E-state index contributed by atoms with van der Waals surface area (Å²) in [4.78, 5) is 10.8. The minimum atomic E-state index is -0.131. The molecule has 0 aliphatic heterocycles. The molecule has 0 saturated carbocycles. The summed E-state index contributed by atoms with van der Waals surface area (Å²) in [5.41, 5.74) is 3.09. The Morgan fingerprint density at radius 3 is 2.45 bits per heavy atom. The van der Waals surface area contributed by atoms with Crippen LogP contribution in [0.2, 0.25) is 0 Å². The molecule has 1 rings (SSSR count). The van der Waals surface area contributed by atoms with E-state index in [0.717, 1.165) is 12.8 Å². The fourth-order valence-corrected chi connectivity index (χ4v) is 1.91. The zero-order valence-corrected chi connectivity index (χ0v) is 12.3. The molecule has 0 saturated heterocycles. The molecule has 0 amide bonds. The van der Waals surface area contributed by atoms with E-state index < -0.39 is 0 Å². The van der Waals surface area contributed by atoms with Gasteiger partial charge in [0, 0.05) is 5.56 Å². The van der Waals surface area contributed by atoms with E-state index in [0.29, 0.717) is 18.3 Å². The molecule has 0 aliphatic rings. The van der Waals surface area contributed by atoms with Gasteiger partial charge in [0.25, 0.3) is 0 Å². The number of benzene rings is 1. The maximum atomic E-state index is 10.8. The number of phenolic OH excluding ortho intramolecular Hbond substituents is 2. The van der Waals surface area contributed by atoms with Gasteiger partial charge in [0.05, 0.1) is 5.56 Å². The van der Waals surface area contributed by atoms with E-state index in [1.807, 2.05) is 13.0 Å². The lowest BCUT2D eigenvalue weighted by atomic mass is 10.0. The average Bonchev–Trinajstić information content (AvgIpc) is 2.38. The summed E-state index contributed by atoms with van der Waals surface area (Å²) in [7, 11) is 0. The van der Waals surface area contributed by atoms with Gasteiger partial charge in [0.15, 0.2) is 6.29 Å². The minimum Gasteiger partial charge on any atom is -0.508 e. The van der Waals surface area contributed by atoms with Crippen molar-refractivity contribution in [3.05, 3.63) is 46.6 Å². The van der Waals surface area contributed by atoms with Gasteiger partial charge in [-0.2, -0.15) is 0 Å². The monoisotopic (exact) mass is 274 g/mol. The molecular weight excluding hydrogens is 252 g/mol. The van der Waals surface area contributed by atoms with E-state index in [9.17, 15) is 15.0 Å². The van der Waals surface area contributed by atoms with Gasteiger partial charge in [0.1, 0.15) is 11.5 Å². The van der Waals surface area contributed by atoms with Crippen molar-refractivity contribution in [2.24, 2.45) is 0 Å². The molecule has 0 aliphatic carbocycles. The van der Waals surface area contributed by atoms with E-state index in [-0.39, 0.29) is 17.1 Å². The smallest absolute Gasteiger partial charge is 0.153 e. The van der Waals surface area contributed by atoms with Gasteiger partial charge in [-0.3, -0.25) is 4.79 Å². The van der Waals surface area contributed by atoms with Crippen molar-refractivity contribution in [1.29, 1.82) is 0 Å². The number of aldehydes is 1. The van der Waals surface area contributed by atoms with Gasteiger partial charge in [-0.05, 0) is 52.2 Å². The molecule has 3 heteroatoms. The first-order chi connectivity index (χ1) is 9.45. The summed E-state index contributed by atoms with van der Waals surface area (Å²) in [6, 6.07) is 2.84. The van der Waals surface area contributed by atoms with Gasteiger partial charge < -0.3 is 10.2 Å². The van der Waals surface area contributed by atoms with Crippen molar-refractivity contribution in [2.45, 2.75) is 40.0 Å². The first-order valence-corrected chi connectivity index (χ1v) is 6.73. The highest BCUT2D eigenvalue weighted by Crippen LogP contribution is 2.30. The van der Waals surface area contributed by atoms with Crippen LogP contribution in [0.1, 0.15) is 49.5 Å². The molecule has 0 fully saturated rings. The third-order valence-electron chi connectivity index (χ3n) is 3.16. The zero-order valence-electron chi connectivity index (χ0n) is 12.3. The predicted octanol–water partition coefficient (Wildman–Crippen LogP) is 4.15. The lowest BCUT2D eigenvalue weighted by molar-refractivity contribution is 0.112. The first-order valence-electron chi connectivity index (χ1n) is 6.73. The molecule has 0 aromatic heterocycles. The largest absolute Gasteiger partial charge is 0.508 e. The maximum absolute atomic E-state index is 10.8. The van der Waals surface area contributed by atoms with Crippen molar-refractivity contribution in [3.8, 4) is 11.5 Å². The Kier molecular flexibility index (Phi) is 6.04. The van der Waals surface area contributed by atoms with Crippen LogP contribution >= 0.6 is 0 Å². The molecule has 108 valence electrons. The SMILES string of the molecule is CC(C)=CCCC(C)=CCc1c(O)ccc(C=O)c1O. The van der Waals surface area contributed by atoms with Crippen LogP contribution in [-0.2, 0) is 6.42 Å². The van der Waals surface area contributed by atoms with E-state index in [1.165, 1.54) is 23.3 Å². The Labute approximate surface area is 120 Å². The van der Waals surface area contributed by atoms with Crippen LogP contribution < -0.4 is 0 Å². The molecule has 2 N–H and O–H groups in total. The summed E-state index contributed by atoms with van der Waals surface area (Å²) >= 11 is 0. The quantitative estimate of drug-likeness (QED) is 0.605. The molecule has 0 unspecified atom stereocenters. The van der Waals surface area contributed by atoms with Crippen molar-refractivity contribution in [2.75, 3.05) is 0 Å². The van der Waals surface area contributed by atoms with Crippen LogP contribution in [0.4, 0.5) is 0 Å². The van der Waals surface area contributed by atoms with E-state index in [2.05, 4.69) is 19.9 Å². The summed E-state index contributed by atoms with van der Waals surface area (Å²) in [5.74, 6) is -0.116. The third kappa shape index (κ3) is 4.57. The molecule has 0 heterocycles. The summed E-state index contributed by atoms with van der Waals surface area (Å²) in [5, 5.41) is 19.7. The number of rotatable bonds is 6. The second kappa shape index (κ2) is 7.53. The Bertz CT molecular complexity index is 535. The second-order valence-corrected chi connectivity index (χ2v) is 5.19. The minimum absolute atomic E-state index is 0.0152. The molecule has 0 radical (unpaired) electrons. The Morgan fingerprint density at radius 1 is 1.15 bits per heavy atom. The molecular formula is C17H22O3. The number of hydrogen-bond donors (Lipinski definition) is 2. The number of carbonyl (C=O) groups is 1. The van der Waals surface area contributed by atoms with Crippen LogP contribution in [0.5, 0.6) is 11.5 Å². The van der Waals surface area contributed by atoms with Gasteiger partial charge >= 0.3 is 0 Å². The summed E-state index contributed by atoms with van der Waals surface area (Å²) in [6.45, 7) is 6.16. The topological polar surface area (TPSA) is 57.5 Å². The fourth-order valence-electron chi connectivity index (χ4n) is 1.91. The van der Waals surface area contributed by atoms with Crippen LogP contribution in [0, 0.1) is 0 Å². The van der Waals surface area contributed by atoms with Gasteiger partial charge in [-0.25, -0.2) is 0 Å². The van der Waals surface area contributed by atoms with Crippen LogP contribution in [0.3, 0.4) is 0 Å². The molecule has 1 aromatic carbocycles. The van der Waals surface area contributed by atoms with Crippen LogP contribution in [0.15, 0.2) is 35.4 Å². The maximum Gasteiger partial charge on any atom is 0.153 e. The first kappa shape index (κ1) is 16.0. The van der Waals surface area contributed by atoms with Gasteiger partial charge in [0.2, 0.25) is 0 Å². The summed E-state index contributed by atoms with van der Waals surface area (Å²) in [6.07, 6.45) is 7.09. The van der Waals surface area contributed by atoms with Crippen molar-refractivity contribution < 1.29 is 15.0 Å². The van der Waals surface area contributed by atoms with Crippen molar-refractivity contribution in [1.82, 2.24) is 0 Å². The Balaban J connectivity index is 2.78. The predicted molar refractivity (Wildman–Crippen MR) is 81.3 cm³/mol. The Morgan fingerprint density at radius 2 is 1.85 bits per heavy atom. The highest BCUT2D eigenvalue weighted by molar-refractivity contribution is 5.80. The molecule has 20 heavy (non-hydrogen) atoms. The zero-order chi connectivity index (χ0) is 15.1. The fraction of sp³-hybridized carbons (Fsp3) is 0.353. The van der Waals surface area contributed by atoms with E-state index in [4.69, 9.17) is 0 Å². The molecule has 3 nitrogen and oxygen atoms in total. The number of aromatic hydroxyl groups is 2. The number of allylic oxidation sites excluding steroid dienone is 4. The second-order valence-electron chi connectivity index (χ2n) is 5.19. The average molecular weight is 274 g/mol.